The van der Waals surface area contributed by atoms with E-state index < -0.39 is 11.6 Å². The first-order chi connectivity index (χ1) is 8.73. The Hall–Kier alpha value is -0.910. The summed E-state index contributed by atoms with van der Waals surface area (Å²) < 4.78 is 14.9. The van der Waals surface area contributed by atoms with Gasteiger partial charge in [0.2, 0.25) is 0 Å². The Bertz CT molecular complexity index is 324. The van der Waals surface area contributed by atoms with Crippen molar-refractivity contribution >= 4 is 23.9 Å². The summed E-state index contributed by atoms with van der Waals surface area (Å²) in [6, 6.07) is 0. The van der Waals surface area contributed by atoms with E-state index in [-0.39, 0.29) is 23.9 Å². The van der Waals surface area contributed by atoms with Crippen LogP contribution in [-0.4, -0.2) is 42.4 Å². The molecule has 0 saturated carbocycles. The molecule has 0 aromatic heterocycles. The second-order valence-electron chi connectivity index (χ2n) is 5.84. The van der Waals surface area contributed by atoms with Crippen LogP contribution in [0.5, 0.6) is 0 Å². The topological polar surface area (TPSA) is 61.8 Å². The highest BCUT2D eigenvalue weighted by atomic mass is 32.2. The highest BCUT2D eigenvalue weighted by molar-refractivity contribution is 8.00. The van der Waals surface area contributed by atoms with Gasteiger partial charge in [-0.05, 0) is 19.1 Å². The first kappa shape index (κ1) is 16.1. The molecule has 0 N–H and O–H groups in total. The Balaban J connectivity index is 2.22. The summed E-state index contributed by atoms with van der Waals surface area (Å²) in [5.74, 6) is 0.569. The van der Waals surface area contributed by atoms with E-state index in [1.807, 2.05) is 11.8 Å². The molecule has 1 rings (SSSR count). The van der Waals surface area contributed by atoms with E-state index in [9.17, 15) is 9.59 Å². The summed E-state index contributed by atoms with van der Waals surface area (Å²) in [7, 11) is 0. The SMILES string of the molecule is CC(C)(C)SCCCOC(=O)C1(C)COC(=O)OC1. The zero-order valence-corrected chi connectivity index (χ0v) is 12.8. The summed E-state index contributed by atoms with van der Waals surface area (Å²) in [6.45, 7) is 8.54. The Morgan fingerprint density at radius 1 is 1.37 bits per heavy atom. The van der Waals surface area contributed by atoms with E-state index in [0.29, 0.717) is 6.61 Å². The third kappa shape index (κ3) is 5.72. The molecule has 1 aliphatic rings. The minimum atomic E-state index is -0.884. The van der Waals surface area contributed by atoms with Gasteiger partial charge in [-0.3, -0.25) is 4.79 Å². The fourth-order valence-electron chi connectivity index (χ4n) is 1.41. The molecule has 0 amide bonds. The molecule has 1 fully saturated rings. The third-order valence-corrected chi connectivity index (χ3v) is 3.93. The van der Waals surface area contributed by atoms with E-state index in [2.05, 4.69) is 20.8 Å². The van der Waals surface area contributed by atoms with E-state index >= 15 is 0 Å². The van der Waals surface area contributed by atoms with Gasteiger partial charge in [0.15, 0.2) is 0 Å². The smallest absolute Gasteiger partial charge is 0.465 e. The molecule has 1 heterocycles. The lowest BCUT2D eigenvalue weighted by Gasteiger charge is -2.29. The molecule has 0 aliphatic carbocycles. The number of hydrogen-bond donors (Lipinski definition) is 0. The molecule has 0 bridgehead atoms. The van der Waals surface area contributed by atoms with Gasteiger partial charge < -0.3 is 14.2 Å². The van der Waals surface area contributed by atoms with Gasteiger partial charge in [-0.1, -0.05) is 20.8 Å². The van der Waals surface area contributed by atoms with Crippen LogP contribution in [0.2, 0.25) is 0 Å². The van der Waals surface area contributed by atoms with Crippen LogP contribution in [0.4, 0.5) is 4.79 Å². The lowest BCUT2D eigenvalue weighted by molar-refractivity contribution is -0.166. The molecular weight excluding hydrogens is 268 g/mol. The Morgan fingerprint density at radius 3 is 2.47 bits per heavy atom. The third-order valence-electron chi connectivity index (χ3n) is 2.57. The van der Waals surface area contributed by atoms with Crippen molar-refractivity contribution in [2.45, 2.75) is 38.9 Å². The predicted molar refractivity (Wildman–Crippen MR) is 73.2 cm³/mol. The second kappa shape index (κ2) is 6.50. The summed E-state index contributed by atoms with van der Waals surface area (Å²) in [4.78, 5) is 22.7. The van der Waals surface area contributed by atoms with Crippen LogP contribution in [0.25, 0.3) is 0 Å². The molecule has 0 aromatic rings. The van der Waals surface area contributed by atoms with Gasteiger partial charge in [0.25, 0.3) is 0 Å². The van der Waals surface area contributed by atoms with Gasteiger partial charge in [-0.2, -0.15) is 11.8 Å². The van der Waals surface area contributed by atoms with Crippen molar-refractivity contribution in [1.82, 2.24) is 0 Å². The van der Waals surface area contributed by atoms with Crippen LogP contribution in [0.15, 0.2) is 0 Å². The Kier molecular flexibility index (Phi) is 5.52. The fraction of sp³-hybridized carbons (Fsp3) is 0.846. The number of thioether (sulfide) groups is 1. The lowest BCUT2D eigenvalue weighted by Crippen LogP contribution is -2.44. The molecule has 0 spiro atoms. The van der Waals surface area contributed by atoms with Crippen LogP contribution in [0.1, 0.15) is 34.1 Å². The lowest BCUT2D eigenvalue weighted by atomic mass is 9.93. The predicted octanol–water partition coefficient (Wildman–Crippen LogP) is 2.62. The fourth-order valence-corrected chi connectivity index (χ4v) is 2.29. The normalized spacial score (nSPS) is 18.4. The van der Waals surface area contributed by atoms with Crippen molar-refractivity contribution in [3.8, 4) is 0 Å². The second-order valence-corrected chi connectivity index (χ2v) is 7.76. The van der Waals surface area contributed by atoms with Gasteiger partial charge in [0.05, 0.1) is 6.61 Å². The van der Waals surface area contributed by atoms with Crippen LogP contribution in [0, 0.1) is 5.41 Å². The van der Waals surface area contributed by atoms with Crippen LogP contribution < -0.4 is 0 Å². The largest absolute Gasteiger partial charge is 0.508 e. The van der Waals surface area contributed by atoms with E-state index in [1.54, 1.807) is 6.92 Å². The van der Waals surface area contributed by atoms with Gasteiger partial charge in [-0.25, -0.2) is 4.79 Å². The molecule has 0 atom stereocenters. The maximum Gasteiger partial charge on any atom is 0.508 e. The molecule has 0 radical (unpaired) electrons. The Morgan fingerprint density at radius 2 is 1.95 bits per heavy atom. The molecular formula is C13H22O5S. The van der Waals surface area contributed by atoms with E-state index in [0.717, 1.165) is 12.2 Å². The van der Waals surface area contributed by atoms with E-state index in [4.69, 9.17) is 14.2 Å². The highest BCUT2D eigenvalue weighted by Crippen LogP contribution is 2.25. The van der Waals surface area contributed by atoms with Crippen molar-refractivity contribution in [2.75, 3.05) is 25.6 Å². The molecule has 0 aromatic carbocycles. The quantitative estimate of drug-likeness (QED) is 0.573. The van der Waals surface area contributed by atoms with Crippen LogP contribution in [0.3, 0.4) is 0 Å². The number of esters is 1. The highest BCUT2D eigenvalue weighted by Gasteiger charge is 2.41. The zero-order valence-electron chi connectivity index (χ0n) is 12.0. The average Bonchev–Trinajstić information content (AvgIpc) is 2.31. The molecule has 19 heavy (non-hydrogen) atoms. The minimum absolute atomic E-state index is 0.0153. The van der Waals surface area contributed by atoms with Crippen molar-refractivity contribution in [3.63, 3.8) is 0 Å². The first-order valence-electron chi connectivity index (χ1n) is 6.34. The maximum atomic E-state index is 11.9. The summed E-state index contributed by atoms with van der Waals surface area (Å²) in [5.41, 5.74) is -0.884. The number of ether oxygens (including phenoxy) is 3. The van der Waals surface area contributed by atoms with Gasteiger partial charge >= 0.3 is 12.1 Å². The number of cyclic esters (lactones) is 2. The van der Waals surface area contributed by atoms with Gasteiger partial charge in [0.1, 0.15) is 18.6 Å². The Labute approximate surface area is 118 Å². The van der Waals surface area contributed by atoms with Gasteiger partial charge in [0, 0.05) is 4.75 Å². The van der Waals surface area contributed by atoms with Crippen LogP contribution >= 0.6 is 11.8 Å². The first-order valence-corrected chi connectivity index (χ1v) is 7.32. The molecule has 1 aliphatic heterocycles. The summed E-state index contributed by atoms with van der Waals surface area (Å²) >= 11 is 1.83. The summed E-state index contributed by atoms with van der Waals surface area (Å²) in [6.07, 6.45) is 0.0802. The molecule has 0 unspecified atom stereocenters. The average molecular weight is 290 g/mol. The minimum Gasteiger partial charge on any atom is -0.465 e. The van der Waals surface area contributed by atoms with Gasteiger partial charge in [-0.15, -0.1) is 0 Å². The van der Waals surface area contributed by atoms with Crippen molar-refractivity contribution in [1.29, 1.82) is 0 Å². The molecule has 5 nitrogen and oxygen atoms in total. The number of carbonyl (C=O) groups excluding carboxylic acids is 2. The van der Waals surface area contributed by atoms with Crippen molar-refractivity contribution in [2.24, 2.45) is 5.41 Å². The summed E-state index contributed by atoms with van der Waals surface area (Å²) in [5, 5.41) is 0. The maximum absolute atomic E-state index is 11.9. The molecule has 110 valence electrons. The molecule has 6 heteroatoms. The number of rotatable bonds is 5. The molecule has 1 saturated heterocycles. The van der Waals surface area contributed by atoms with Crippen molar-refractivity contribution < 1.29 is 23.8 Å². The monoisotopic (exact) mass is 290 g/mol. The van der Waals surface area contributed by atoms with Crippen molar-refractivity contribution in [3.05, 3.63) is 0 Å². The number of hydrogen-bond acceptors (Lipinski definition) is 6. The standard InChI is InChI=1S/C13H22O5S/c1-12(2,3)19-7-5-6-16-10(14)13(4)8-17-11(15)18-9-13/h5-9H2,1-4H3. The van der Waals surface area contributed by atoms with Crippen LogP contribution in [-0.2, 0) is 19.0 Å². The zero-order chi connectivity index (χ0) is 14.5. The number of carbonyl (C=O) groups is 2. The van der Waals surface area contributed by atoms with E-state index in [1.165, 1.54) is 0 Å².